The monoisotopic (exact) mass is 329 g/mol. The standard InChI is InChI=1S/C15H23NO5S/c1-12(2)9-16(15(17)11-20-3)10-13-6-5-7-14(8-13)21-22(4,18)19/h5-8,12H,9-11H2,1-4H3. The summed E-state index contributed by atoms with van der Waals surface area (Å²) in [4.78, 5) is 13.8. The molecule has 1 aromatic carbocycles. The third-order valence-electron chi connectivity index (χ3n) is 2.73. The van der Waals surface area contributed by atoms with Gasteiger partial charge in [-0.2, -0.15) is 8.42 Å². The number of carbonyl (C=O) groups is 1. The Hall–Kier alpha value is -1.60. The molecule has 0 aliphatic rings. The number of rotatable bonds is 8. The SMILES string of the molecule is COCC(=O)N(Cc1cccc(OS(C)(=O)=O)c1)CC(C)C. The fraction of sp³-hybridized carbons (Fsp3) is 0.533. The molecule has 0 aliphatic heterocycles. The Morgan fingerprint density at radius 1 is 1.32 bits per heavy atom. The van der Waals surface area contributed by atoms with Crippen LogP contribution < -0.4 is 4.18 Å². The highest BCUT2D eigenvalue weighted by molar-refractivity contribution is 7.86. The number of ether oxygens (including phenoxy) is 1. The summed E-state index contributed by atoms with van der Waals surface area (Å²) in [5.41, 5.74) is 0.797. The van der Waals surface area contributed by atoms with Crippen LogP contribution >= 0.6 is 0 Å². The van der Waals surface area contributed by atoms with Crippen LogP contribution in [0.4, 0.5) is 0 Å². The number of hydrogen-bond acceptors (Lipinski definition) is 5. The Bertz CT molecular complexity index is 598. The van der Waals surface area contributed by atoms with Crippen molar-refractivity contribution in [3.05, 3.63) is 29.8 Å². The molecule has 0 radical (unpaired) electrons. The lowest BCUT2D eigenvalue weighted by molar-refractivity contribution is -0.136. The summed E-state index contributed by atoms with van der Waals surface area (Å²) in [7, 11) is -2.09. The lowest BCUT2D eigenvalue weighted by Gasteiger charge is -2.24. The van der Waals surface area contributed by atoms with Crippen molar-refractivity contribution in [3.63, 3.8) is 0 Å². The lowest BCUT2D eigenvalue weighted by atomic mass is 10.1. The minimum atomic E-state index is -3.57. The van der Waals surface area contributed by atoms with Crippen molar-refractivity contribution in [2.24, 2.45) is 5.92 Å². The number of hydrogen-bond donors (Lipinski definition) is 0. The number of nitrogens with zero attached hydrogens (tertiary/aromatic N) is 1. The van der Waals surface area contributed by atoms with E-state index >= 15 is 0 Å². The van der Waals surface area contributed by atoms with Crippen LogP contribution in [-0.2, 0) is 26.2 Å². The van der Waals surface area contributed by atoms with E-state index in [0.717, 1.165) is 11.8 Å². The second-order valence-corrected chi connectivity index (χ2v) is 7.11. The van der Waals surface area contributed by atoms with Crippen molar-refractivity contribution in [1.82, 2.24) is 4.90 Å². The van der Waals surface area contributed by atoms with Crippen molar-refractivity contribution >= 4 is 16.0 Å². The normalized spacial score (nSPS) is 11.5. The maximum Gasteiger partial charge on any atom is 0.306 e. The first-order valence-electron chi connectivity index (χ1n) is 6.96. The summed E-state index contributed by atoms with van der Waals surface area (Å²) < 4.78 is 32.1. The molecule has 0 saturated carbocycles. The highest BCUT2D eigenvalue weighted by Gasteiger charge is 2.16. The summed E-state index contributed by atoms with van der Waals surface area (Å²) in [6.45, 7) is 5.04. The Balaban J connectivity index is 2.88. The number of benzene rings is 1. The highest BCUT2D eigenvalue weighted by Crippen LogP contribution is 2.17. The Labute approximate surface area is 132 Å². The molecule has 6 nitrogen and oxygen atoms in total. The van der Waals surface area contributed by atoms with Gasteiger partial charge in [0.25, 0.3) is 0 Å². The van der Waals surface area contributed by atoms with Gasteiger partial charge in [0.2, 0.25) is 5.91 Å². The van der Waals surface area contributed by atoms with Gasteiger partial charge in [-0.3, -0.25) is 4.79 Å². The van der Waals surface area contributed by atoms with Crippen molar-refractivity contribution in [3.8, 4) is 5.75 Å². The molecule has 1 amide bonds. The van der Waals surface area contributed by atoms with Gasteiger partial charge in [-0.1, -0.05) is 26.0 Å². The summed E-state index contributed by atoms with van der Waals surface area (Å²) in [6, 6.07) is 6.70. The molecule has 0 saturated heterocycles. The van der Waals surface area contributed by atoms with Gasteiger partial charge < -0.3 is 13.8 Å². The average molecular weight is 329 g/mol. The zero-order valence-corrected chi connectivity index (χ0v) is 14.2. The Morgan fingerprint density at radius 3 is 2.55 bits per heavy atom. The van der Waals surface area contributed by atoms with Crippen LogP contribution in [0.1, 0.15) is 19.4 Å². The van der Waals surface area contributed by atoms with E-state index in [0.29, 0.717) is 19.0 Å². The molecule has 0 spiro atoms. The molecule has 0 aromatic heterocycles. The van der Waals surface area contributed by atoms with E-state index in [1.54, 1.807) is 23.1 Å². The van der Waals surface area contributed by atoms with E-state index < -0.39 is 10.1 Å². The maximum atomic E-state index is 12.1. The van der Waals surface area contributed by atoms with Gasteiger partial charge in [0, 0.05) is 20.2 Å². The van der Waals surface area contributed by atoms with Crippen molar-refractivity contribution in [1.29, 1.82) is 0 Å². The van der Waals surface area contributed by atoms with Gasteiger partial charge in [0.15, 0.2) is 0 Å². The molecule has 0 heterocycles. The molecule has 7 heteroatoms. The Morgan fingerprint density at radius 2 is 2.00 bits per heavy atom. The van der Waals surface area contributed by atoms with Gasteiger partial charge in [0.1, 0.15) is 12.4 Å². The van der Waals surface area contributed by atoms with Crippen molar-refractivity contribution in [2.75, 3.05) is 26.5 Å². The van der Waals surface area contributed by atoms with Gasteiger partial charge >= 0.3 is 10.1 Å². The molecular weight excluding hydrogens is 306 g/mol. The van der Waals surface area contributed by atoms with E-state index in [-0.39, 0.29) is 18.3 Å². The summed E-state index contributed by atoms with van der Waals surface area (Å²) in [6.07, 6.45) is 0.993. The fourth-order valence-electron chi connectivity index (χ4n) is 2.00. The van der Waals surface area contributed by atoms with E-state index in [1.165, 1.54) is 7.11 Å². The predicted octanol–water partition coefficient (Wildman–Crippen LogP) is 1.66. The molecule has 22 heavy (non-hydrogen) atoms. The van der Waals surface area contributed by atoms with Gasteiger partial charge in [-0.05, 0) is 23.6 Å². The molecule has 124 valence electrons. The van der Waals surface area contributed by atoms with Crippen LogP contribution in [0.2, 0.25) is 0 Å². The molecular formula is C15H23NO5S. The predicted molar refractivity (Wildman–Crippen MR) is 84.0 cm³/mol. The van der Waals surface area contributed by atoms with Crippen molar-refractivity contribution in [2.45, 2.75) is 20.4 Å². The molecule has 0 unspecified atom stereocenters. The third kappa shape index (κ3) is 6.91. The smallest absolute Gasteiger partial charge is 0.306 e. The second kappa shape index (κ2) is 8.14. The lowest BCUT2D eigenvalue weighted by Crippen LogP contribution is -2.36. The number of carbonyl (C=O) groups excluding carboxylic acids is 1. The topological polar surface area (TPSA) is 72.9 Å². The molecule has 0 fully saturated rings. The van der Waals surface area contributed by atoms with Crippen LogP contribution in [0, 0.1) is 5.92 Å². The first kappa shape index (κ1) is 18.4. The Kier molecular flexibility index (Phi) is 6.83. The zero-order chi connectivity index (χ0) is 16.8. The molecule has 1 rings (SSSR count). The van der Waals surface area contributed by atoms with Gasteiger partial charge in [-0.15, -0.1) is 0 Å². The van der Waals surface area contributed by atoms with Gasteiger partial charge in [0.05, 0.1) is 6.26 Å². The largest absolute Gasteiger partial charge is 0.383 e. The zero-order valence-electron chi connectivity index (χ0n) is 13.4. The molecule has 1 aromatic rings. The summed E-state index contributed by atoms with van der Waals surface area (Å²) in [5, 5.41) is 0. The molecule has 0 atom stereocenters. The average Bonchev–Trinajstić information content (AvgIpc) is 2.36. The number of amides is 1. The fourth-order valence-corrected chi connectivity index (χ4v) is 2.45. The van der Waals surface area contributed by atoms with Crippen LogP contribution in [0.25, 0.3) is 0 Å². The maximum absolute atomic E-state index is 12.1. The molecule has 0 aliphatic carbocycles. The molecule has 0 bridgehead atoms. The third-order valence-corrected chi connectivity index (χ3v) is 3.22. The van der Waals surface area contributed by atoms with E-state index in [9.17, 15) is 13.2 Å². The summed E-state index contributed by atoms with van der Waals surface area (Å²) in [5.74, 6) is 0.450. The quantitative estimate of drug-likeness (QED) is 0.678. The van der Waals surface area contributed by atoms with Crippen LogP contribution in [0.15, 0.2) is 24.3 Å². The minimum Gasteiger partial charge on any atom is -0.383 e. The van der Waals surface area contributed by atoms with Crippen LogP contribution in [0.3, 0.4) is 0 Å². The first-order chi connectivity index (χ1) is 10.2. The molecule has 0 N–H and O–H groups in total. The van der Waals surface area contributed by atoms with Crippen LogP contribution in [-0.4, -0.2) is 45.7 Å². The number of methoxy groups -OCH3 is 1. The second-order valence-electron chi connectivity index (χ2n) is 5.54. The van der Waals surface area contributed by atoms with Gasteiger partial charge in [-0.25, -0.2) is 0 Å². The first-order valence-corrected chi connectivity index (χ1v) is 8.78. The highest BCUT2D eigenvalue weighted by atomic mass is 32.2. The van der Waals surface area contributed by atoms with Crippen molar-refractivity contribution < 1.29 is 22.1 Å². The van der Waals surface area contributed by atoms with E-state index in [1.807, 2.05) is 19.9 Å². The minimum absolute atomic E-state index is 0.0201. The summed E-state index contributed by atoms with van der Waals surface area (Å²) >= 11 is 0. The van der Waals surface area contributed by atoms with E-state index in [2.05, 4.69) is 0 Å². The van der Waals surface area contributed by atoms with Crippen LogP contribution in [0.5, 0.6) is 5.75 Å². The van der Waals surface area contributed by atoms with E-state index in [4.69, 9.17) is 8.92 Å².